The third kappa shape index (κ3) is 4.27. The normalized spacial score (nSPS) is 11.0. The molecule has 1 rings (SSSR count). The van der Waals surface area contributed by atoms with E-state index in [1.807, 2.05) is 6.20 Å². The summed E-state index contributed by atoms with van der Waals surface area (Å²) < 4.78 is 5.17. The molecule has 0 unspecified atom stereocenters. The lowest BCUT2D eigenvalue weighted by molar-refractivity contribution is 0.204. The van der Waals surface area contributed by atoms with Gasteiger partial charge in [0, 0.05) is 32.9 Å². The van der Waals surface area contributed by atoms with Gasteiger partial charge in [-0.05, 0) is 30.0 Å². The van der Waals surface area contributed by atoms with Crippen LogP contribution in [0.15, 0.2) is 12.3 Å². The predicted molar refractivity (Wildman–Crippen MR) is 75.8 cm³/mol. The maximum absolute atomic E-state index is 5.63. The van der Waals surface area contributed by atoms with E-state index in [-0.39, 0.29) is 0 Å². The van der Waals surface area contributed by atoms with Crippen LogP contribution >= 0.6 is 0 Å². The van der Waals surface area contributed by atoms with Crippen LogP contribution in [0.25, 0.3) is 0 Å². The molecular weight excluding hydrogens is 226 g/mol. The van der Waals surface area contributed by atoms with Crippen molar-refractivity contribution in [1.82, 2.24) is 4.98 Å². The molecule has 1 heterocycles. The topological polar surface area (TPSA) is 51.4 Å². The van der Waals surface area contributed by atoms with Crippen molar-refractivity contribution in [1.29, 1.82) is 0 Å². The van der Waals surface area contributed by atoms with Gasteiger partial charge in [0.25, 0.3) is 0 Å². The molecule has 0 aromatic carbocycles. The lowest BCUT2D eigenvalue weighted by Gasteiger charge is -2.27. The van der Waals surface area contributed by atoms with Crippen LogP contribution in [-0.4, -0.2) is 31.8 Å². The second-order valence-corrected chi connectivity index (χ2v) is 5.02. The largest absolute Gasteiger partial charge is 0.383 e. The molecule has 1 aromatic rings. The number of methoxy groups -OCH3 is 1. The number of aryl methyl sites for hydroxylation is 1. The first-order valence-corrected chi connectivity index (χ1v) is 6.48. The lowest BCUT2D eigenvalue weighted by Crippen LogP contribution is -2.32. The van der Waals surface area contributed by atoms with Gasteiger partial charge < -0.3 is 15.4 Å². The molecule has 0 saturated heterocycles. The Labute approximate surface area is 110 Å². The van der Waals surface area contributed by atoms with Crippen LogP contribution in [0.2, 0.25) is 0 Å². The van der Waals surface area contributed by atoms with Gasteiger partial charge in [0.1, 0.15) is 5.82 Å². The van der Waals surface area contributed by atoms with Crippen LogP contribution in [0.4, 0.5) is 5.82 Å². The summed E-state index contributed by atoms with van der Waals surface area (Å²) in [5, 5.41) is 0. The van der Waals surface area contributed by atoms with Crippen molar-refractivity contribution >= 4 is 5.82 Å². The summed E-state index contributed by atoms with van der Waals surface area (Å²) in [6.07, 6.45) is 1.86. The van der Waals surface area contributed by atoms with Gasteiger partial charge in [0.15, 0.2) is 0 Å². The van der Waals surface area contributed by atoms with Crippen molar-refractivity contribution in [2.45, 2.75) is 27.3 Å². The Balaban J connectivity index is 2.89. The van der Waals surface area contributed by atoms with E-state index < -0.39 is 0 Å². The van der Waals surface area contributed by atoms with E-state index in [1.54, 1.807) is 7.11 Å². The fraction of sp³-hybridized carbons (Fsp3) is 0.643. The zero-order chi connectivity index (χ0) is 13.5. The van der Waals surface area contributed by atoms with Crippen LogP contribution in [0.3, 0.4) is 0 Å². The molecule has 4 nitrogen and oxygen atoms in total. The highest BCUT2D eigenvalue weighted by Gasteiger charge is 2.12. The van der Waals surface area contributed by atoms with Crippen LogP contribution in [0.1, 0.15) is 25.0 Å². The Hall–Kier alpha value is -1.13. The number of rotatable bonds is 7. The zero-order valence-corrected chi connectivity index (χ0v) is 11.9. The molecule has 0 bridgehead atoms. The second-order valence-electron chi connectivity index (χ2n) is 5.02. The molecule has 0 aliphatic rings. The molecule has 18 heavy (non-hydrogen) atoms. The first-order valence-electron chi connectivity index (χ1n) is 6.48. The Kier molecular flexibility index (Phi) is 6.09. The third-order valence-electron chi connectivity index (χ3n) is 2.79. The van der Waals surface area contributed by atoms with Crippen molar-refractivity contribution in [2.24, 2.45) is 11.7 Å². The molecule has 1 aromatic heterocycles. The van der Waals surface area contributed by atoms with Crippen LogP contribution < -0.4 is 10.6 Å². The van der Waals surface area contributed by atoms with Gasteiger partial charge in [-0.15, -0.1) is 0 Å². The van der Waals surface area contributed by atoms with E-state index >= 15 is 0 Å². The molecule has 0 amide bonds. The number of anilines is 1. The van der Waals surface area contributed by atoms with Gasteiger partial charge in [-0.25, -0.2) is 4.98 Å². The van der Waals surface area contributed by atoms with E-state index in [0.29, 0.717) is 19.1 Å². The summed E-state index contributed by atoms with van der Waals surface area (Å²) in [7, 11) is 1.73. The molecule has 0 fully saturated rings. The number of hydrogen-bond donors (Lipinski definition) is 1. The number of nitrogens with zero attached hydrogens (tertiary/aromatic N) is 2. The molecular formula is C14H25N3O. The van der Waals surface area contributed by atoms with Crippen LogP contribution in [0.5, 0.6) is 0 Å². The Morgan fingerprint density at radius 3 is 2.67 bits per heavy atom. The van der Waals surface area contributed by atoms with Crippen LogP contribution in [0, 0.1) is 12.8 Å². The number of nitrogens with two attached hydrogens (primary N) is 1. The van der Waals surface area contributed by atoms with Crippen molar-refractivity contribution in [3.8, 4) is 0 Å². The molecule has 0 aliphatic heterocycles. The summed E-state index contributed by atoms with van der Waals surface area (Å²) in [6, 6.07) is 2.11. The number of aromatic nitrogens is 1. The maximum Gasteiger partial charge on any atom is 0.131 e. The van der Waals surface area contributed by atoms with Crippen molar-refractivity contribution in [2.75, 3.05) is 31.7 Å². The highest BCUT2D eigenvalue weighted by Crippen LogP contribution is 2.19. The maximum atomic E-state index is 5.63. The number of pyridine rings is 1. The summed E-state index contributed by atoms with van der Waals surface area (Å²) in [5.41, 5.74) is 7.88. The van der Waals surface area contributed by atoms with Gasteiger partial charge in [-0.3, -0.25) is 0 Å². The average molecular weight is 251 g/mol. The molecule has 2 N–H and O–H groups in total. The quantitative estimate of drug-likeness (QED) is 0.805. The Bertz CT molecular complexity index is 366. The molecule has 0 aliphatic carbocycles. The summed E-state index contributed by atoms with van der Waals surface area (Å²) in [4.78, 5) is 6.83. The fourth-order valence-corrected chi connectivity index (χ4v) is 1.99. The van der Waals surface area contributed by atoms with Crippen molar-refractivity contribution in [3.63, 3.8) is 0 Å². The SMILES string of the molecule is COCCN(CC(C)C)c1ncc(CN)cc1C. The third-order valence-corrected chi connectivity index (χ3v) is 2.79. The van der Waals surface area contributed by atoms with Gasteiger partial charge in [0.2, 0.25) is 0 Å². The van der Waals surface area contributed by atoms with Crippen LogP contribution in [-0.2, 0) is 11.3 Å². The summed E-state index contributed by atoms with van der Waals surface area (Å²) >= 11 is 0. The standard InChI is InChI=1S/C14H25N3O/c1-11(2)10-17(5-6-18-4)14-12(3)7-13(8-15)9-16-14/h7,9,11H,5-6,8,10,15H2,1-4H3. The van der Waals surface area contributed by atoms with Crippen molar-refractivity contribution < 1.29 is 4.74 Å². The number of hydrogen-bond acceptors (Lipinski definition) is 4. The molecule has 0 atom stereocenters. The van der Waals surface area contributed by atoms with E-state index in [0.717, 1.165) is 24.5 Å². The fourth-order valence-electron chi connectivity index (χ4n) is 1.99. The molecule has 4 heteroatoms. The minimum atomic E-state index is 0.538. The predicted octanol–water partition coefficient (Wildman–Crippen LogP) is 1.96. The first kappa shape index (κ1) is 14.9. The van der Waals surface area contributed by atoms with Gasteiger partial charge in [-0.2, -0.15) is 0 Å². The minimum Gasteiger partial charge on any atom is -0.383 e. The number of ether oxygens (including phenoxy) is 1. The smallest absolute Gasteiger partial charge is 0.131 e. The van der Waals surface area contributed by atoms with Gasteiger partial charge >= 0.3 is 0 Å². The van der Waals surface area contributed by atoms with Gasteiger partial charge in [0.05, 0.1) is 6.61 Å². The molecule has 102 valence electrons. The zero-order valence-electron chi connectivity index (χ0n) is 11.9. The molecule has 0 spiro atoms. The van der Waals surface area contributed by atoms with Gasteiger partial charge in [-0.1, -0.05) is 13.8 Å². The Morgan fingerprint density at radius 1 is 1.44 bits per heavy atom. The molecule has 0 radical (unpaired) electrons. The second kappa shape index (κ2) is 7.34. The van der Waals surface area contributed by atoms with E-state index in [1.165, 1.54) is 5.56 Å². The van der Waals surface area contributed by atoms with E-state index in [9.17, 15) is 0 Å². The lowest BCUT2D eigenvalue weighted by atomic mass is 10.1. The summed E-state index contributed by atoms with van der Waals surface area (Å²) in [6.45, 7) is 9.61. The highest BCUT2D eigenvalue weighted by molar-refractivity contribution is 5.47. The highest BCUT2D eigenvalue weighted by atomic mass is 16.5. The molecule has 0 saturated carbocycles. The summed E-state index contributed by atoms with van der Waals surface area (Å²) in [5.74, 6) is 1.63. The average Bonchev–Trinajstić information content (AvgIpc) is 2.34. The minimum absolute atomic E-state index is 0.538. The van der Waals surface area contributed by atoms with E-state index in [2.05, 4.69) is 36.7 Å². The monoisotopic (exact) mass is 251 g/mol. The van der Waals surface area contributed by atoms with Crippen molar-refractivity contribution in [3.05, 3.63) is 23.4 Å². The first-order chi connectivity index (χ1) is 8.58. The Morgan fingerprint density at radius 2 is 2.17 bits per heavy atom. The van der Waals surface area contributed by atoms with E-state index in [4.69, 9.17) is 10.5 Å².